The number of nitrogens with zero attached hydrogens (tertiary/aromatic N) is 3. The van der Waals surface area contributed by atoms with Gasteiger partial charge in [-0.15, -0.1) is 0 Å². The predicted octanol–water partition coefficient (Wildman–Crippen LogP) is 2.02. The molecular weight excluding hydrogens is 340 g/mol. The maximum atomic E-state index is 12.5. The summed E-state index contributed by atoms with van der Waals surface area (Å²) in [5.41, 5.74) is 1.35. The number of nitrogens with one attached hydrogen (secondary N) is 1. The Morgan fingerprint density at radius 3 is 2.44 bits per heavy atom. The second-order valence-electron chi connectivity index (χ2n) is 8.06. The fraction of sp³-hybridized carbons (Fsp3) is 0.619. The Hall–Kier alpha value is -2.08. The minimum absolute atomic E-state index is 0.0398. The first kappa shape index (κ1) is 19.7. The molecule has 148 valence electrons. The van der Waals surface area contributed by atoms with Crippen molar-refractivity contribution in [3.05, 3.63) is 35.9 Å². The van der Waals surface area contributed by atoms with E-state index in [0.29, 0.717) is 19.0 Å². The third-order valence-electron chi connectivity index (χ3n) is 5.70. The molecule has 2 fully saturated rings. The van der Waals surface area contributed by atoms with E-state index in [1.54, 1.807) is 19.0 Å². The highest BCUT2D eigenvalue weighted by Crippen LogP contribution is 2.20. The molecular formula is C21H32N4O2. The fourth-order valence-electron chi connectivity index (χ4n) is 4.07. The fourth-order valence-corrected chi connectivity index (χ4v) is 4.07. The second-order valence-corrected chi connectivity index (χ2v) is 8.06. The molecule has 0 radical (unpaired) electrons. The summed E-state index contributed by atoms with van der Waals surface area (Å²) < 4.78 is 0. The molecule has 3 amide bonds. The molecule has 0 aromatic heterocycles. The van der Waals surface area contributed by atoms with Gasteiger partial charge in [-0.3, -0.25) is 9.69 Å². The minimum Gasteiger partial charge on any atom is -0.356 e. The van der Waals surface area contributed by atoms with Crippen LogP contribution in [0.2, 0.25) is 0 Å². The van der Waals surface area contributed by atoms with E-state index < -0.39 is 0 Å². The Bertz CT molecular complexity index is 626. The van der Waals surface area contributed by atoms with Crippen LogP contribution in [0, 0.1) is 11.8 Å². The molecule has 2 aliphatic rings. The summed E-state index contributed by atoms with van der Waals surface area (Å²) in [6.07, 6.45) is 2.66. The first-order valence-electron chi connectivity index (χ1n) is 10.0. The zero-order valence-corrected chi connectivity index (χ0v) is 16.6. The van der Waals surface area contributed by atoms with Crippen molar-refractivity contribution in [1.82, 2.24) is 20.0 Å². The van der Waals surface area contributed by atoms with Gasteiger partial charge in [-0.25, -0.2) is 4.79 Å². The van der Waals surface area contributed by atoms with Crippen LogP contribution < -0.4 is 5.32 Å². The SMILES string of the molecule is CN(C)C(=O)N1CCC(C(=O)NC[C@@H]2CCN(Cc3ccccc3)C2)CC1. The number of carbonyl (C=O) groups excluding carboxylic acids is 2. The van der Waals surface area contributed by atoms with E-state index in [1.165, 1.54) is 5.56 Å². The lowest BCUT2D eigenvalue weighted by atomic mass is 9.95. The third kappa shape index (κ3) is 5.45. The number of piperidine rings is 1. The lowest BCUT2D eigenvalue weighted by Gasteiger charge is -2.33. The van der Waals surface area contributed by atoms with E-state index in [0.717, 1.165) is 45.4 Å². The van der Waals surface area contributed by atoms with Gasteiger partial charge in [-0.2, -0.15) is 0 Å². The van der Waals surface area contributed by atoms with Crippen molar-refractivity contribution in [2.24, 2.45) is 11.8 Å². The van der Waals surface area contributed by atoms with Crippen LogP contribution in [-0.2, 0) is 11.3 Å². The summed E-state index contributed by atoms with van der Waals surface area (Å²) in [6.45, 7) is 5.24. The number of benzene rings is 1. The quantitative estimate of drug-likeness (QED) is 0.860. The summed E-state index contributed by atoms with van der Waals surface area (Å²) >= 11 is 0. The average Bonchev–Trinajstić information content (AvgIpc) is 3.13. The van der Waals surface area contributed by atoms with Gasteiger partial charge in [-0.1, -0.05) is 30.3 Å². The predicted molar refractivity (Wildman–Crippen MR) is 106 cm³/mol. The van der Waals surface area contributed by atoms with Crippen LogP contribution in [0.25, 0.3) is 0 Å². The van der Waals surface area contributed by atoms with Crippen LogP contribution in [0.3, 0.4) is 0 Å². The first-order valence-corrected chi connectivity index (χ1v) is 10.0. The molecule has 2 heterocycles. The normalized spacial score (nSPS) is 21.3. The molecule has 1 aromatic carbocycles. The van der Waals surface area contributed by atoms with Crippen LogP contribution in [-0.4, -0.2) is 73.5 Å². The highest BCUT2D eigenvalue weighted by molar-refractivity contribution is 5.79. The van der Waals surface area contributed by atoms with Gasteiger partial charge in [0.05, 0.1) is 0 Å². The van der Waals surface area contributed by atoms with Crippen molar-refractivity contribution < 1.29 is 9.59 Å². The molecule has 1 aromatic rings. The number of carbonyl (C=O) groups is 2. The highest BCUT2D eigenvalue weighted by Gasteiger charge is 2.29. The smallest absolute Gasteiger partial charge is 0.319 e. The number of amides is 3. The third-order valence-corrected chi connectivity index (χ3v) is 5.70. The first-order chi connectivity index (χ1) is 13.0. The Morgan fingerprint density at radius 2 is 1.78 bits per heavy atom. The molecule has 2 aliphatic heterocycles. The van der Waals surface area contributed by atoms with Crippen LogP contribution in [0.15, 0.2) is 30.3 Å². The zero-order chi connectivity index (χ0) is 19.2. The van der Waals surface area contributed by atoms with Gasteiger partial charge in [0.1, 0.15) is 0 Å². The Labute approximate surface area is 162 Å². The molecule has 6 nitrogen and oxygen atoms in total. The van der Waals surface area contributed by atoms with E-state index in [-0.39, 0.29) is 17.9 Å². The van der Waals surface area contributed by atoms with E-state index in [9.17, 15) is 9.59 Å². The molecule has 27 heavy (non-hydrogen) atoms. The van der Waals surface area contributed by atoms with Crippen molar-refractivity contribution in [3.63, 3.8) is 0 Å². The van der Waals surface area contributed by atoms with Gasteiger partial charge in [0.15, 0.2) is 0 Å². The van der Waals surface area contributed by atoms with Gasteiger partial charge in [-0.05, 0) is 37.3 Å². The second kappa shape index (κ2) is 9.22. The summed E-state index contributed by atoms with van der Waals surface area (Å²) in [4.78, 5) is 30.4. The highest BCUT2D eigenvalue weighted by atomic mass is 16.2. The van der Waals surface area contributed by atoms with Crippen molar-refractivity contribution in [2.75, 3.05) is 46.8 Å². The summed E-state index contributed by atoms with van der Waals surface area (Å²) in [5.74, 6) is 0.736. The van der Waals surface area contributed by atoms with Crippen LogP contribution in [0.1, 0.15) is 24.8 Å². The minimum atomic E-state index is 0.0398. The van der Waals surface area contributed by atoms with Crippen LogP contribution in [0.5, 0.6) is 0 Å². The number of rotatable bonds is 5. The maximum Gasteiger partial charge on any atom is 0.319 e. The lowest BCUT2D eigenvalue weighted by Crippen LogP contribution is -2.46. The summed E-state index contributed by atoms with van der Waals surface area (Å²) in [5, 5.41) is 3.17. The Balaban J connectivity index is 1.36. The number of urea groups is 1. The molecule has 0 saturated carbocycles. The van der Waals surface area contributed by atoms with Gasteiger partial charge in [0.25, 0.3) is 0 Å². The summed E-state index contributed by atoms with van der Waals surface area (Å²) in [7, 11) is 3.54. The van der Waals surface area contributed by atoms with Crippen LogP contribution >= 0.6 is 0 Å². The van der Waals surface area contributed by atoms with Gasteiger partial charge in [0.2, 0.25) is 5.91 Å². The van der Waals surface area contributed by atoms with E-state index >= 15 is 0 Å². The molecule has 2 saturated heterocycles. The van der Waals surface area contributed by atoms with E-state index in [2.05, 4.69) is 34.5 Å². The lowest BCUT2D eigenvalue weighted by molar-refractivity contribution is -0.126. The van der Waals surface area contributed by atoms with Gasteiger partial charge in [0, 0.05) is 52.7 Å². The average molecular weight is 373 g/mol. The zero-order valence-electron chi connectivity index (χ0n) is 16.6. The van der Waals surface area contributed by atoms with E-state index in [4.69, 9.17) is 0 Å². The molecule has 0 spiro atoms. The topological polar surface area (TPSA) is 55.9 Å². The van der Waals surface area contributed by atoms with Crippen molar-refractivity contribution in [3.8, 4) is 0 Å². The van der Waals surface area contributed by atoms with Crippen LogP contribution in [0.4, 0.5) is 4.79 Å². The van der Waals surface area contributed by atoms with Gasteiger partial charge < -0.3 is 15.1 Å². The van der Waals surface area contributed by atoms with Crippen molar-refractivity contribution in [2.45, 2.75) is 25.8 Å². The molecule has 1 atom stereocenters. The largest absolute Gasteiger partial charge is 0.356 e. The molecule has 0 unspecified atom stereocenters. The molecule has 0 aliphatic carbocycles. The standard InChI is InChI=1S/C21H32N4O2/c1-23(2)21(27)25-12-9-19(10-13-25)20(26)22-14-18-8-11-24(16-18)15-17-6-4-3-5-7-17/h3-7,18-19H,8-16H2,1-2H3,(H,22,26)/t18-/m0/s1. The molecule has 0 bridgehead atoms. The number of hydrogen-bond acceptors (Lipinski definition) is 3. The Kier molecular flexibility index (Phi) is 6.72. The maximum absolute atomic E-state index is 12.5. The number of likely N-dealkylation sites (tertiary alicyclic amines) is 2. The Morgan fingerprint density at radius 1 is 1.07 bits per heavy atom. The van der Waals surface area contributed by atoms with E-state index in [1.807, 2.05) is 11.0 Å². The van der Waals surface area contributed by atoms with Crippen molar-refractivity contribution >= 4 is 11.9 Å². The number of hydrogen-bond donors (Lipinski definition) is 1. The monoisotopic (exact) mass is 372 g/mol. The van der Waals surface area contributed by atoms with Crippen molar-refractivity contribution in [1.29, 1.82) is 0 Å². The molecule has 3 rings (SSSR count). The van der Waals surface area contributed by atoms with Gasteiger partial charge >= 0.3 is 6.03 Å². The summed E-state index contributed by atoms with van der Waals surface area (Å²) in [6, 6.07) is 10.6. The molecule has 1 N–H and O–H groups in total. The molecule has 6 heteroatoms.